The van der Waals surface area contributed by atoms with Crippen LogP contribution in [0.1, 0.15) is 13.3 Å². The summed E-state index contributed by atoms with van der Waals surface area (Å²) in [5, 5.41) is -0.608. The minimum Gasteiger partial charge on any atom is -0.329 e. The maximum absolute atomic E-state index is 12.3. The van der Waals surface area contributed by atoms with Crippen molar-refractivity contribution in [1.82, 2.24) is 4.90 Å². The van der Waals surface area contributed by atoms with Crippen LogP contribution < -0.4 is 5.73 Å². The molecule has 6 nitrogen and oxygen atoms in total. The monoisotopic (exact) mass is 342 g/mol. The van der Waals surface area contributed by atoms with E-state index in [1.807, 2.05) is 4.90 Å². The van der Waals surface area contributed by atoms with Gasteiger partial charge >= 0.3 is 0 Å². The highest BCUT2D eigenvalue weighted by Crippen LogP contribution is 2.35. The lowest BCUT2D eigenvalue weighted by Crippen LogP contribution is -2.63. The van der Waals surface area contributed by atoms with Gasteiger partial charge in [-0.05, 0) is 6.42 Å². The Labute approximate surface area is 125 Å². The Morgan fingerprint density at radius 1 is 1.45 bits per heavy atom. The summed E-state index contributed by atoms with van der Waals surface area (Å²) in [6.45, 7) is 2.40. The molecular weight excluding hydrogens is 320 g/mol. The molecule has 0 aromatic carbocycles. The van der Waals surface area contributed by atoms with Gasteiger partial charge in [-0.3, -0.25) is 4.90 Å². The van der Waals surface area contributed by atoms with Crippen LogP contribution in [0.5, 0.6) is 0 Å². The lowest BCUT2D eigenvalue weighted by molar-refractivity contribution is 0.112. The highest BCUT2D eigenvalue weighted by Gasteiger charge is 2.50. The first-order valence-electron chi connectivity index (χ1n) is 6.73. The van der Waals surface area contributed by atoms with E-state index in [2.05, 4.69) is 0 Å². The summed E-state index contributed by atoms with van der Waals surface area (Å²) >= 11 is 1.61. The summed E-state index contributed by atoms with van der Waals surface area (Å²) in [6.07, 6.45) is 0.437. The lowest BCUT2D eigenvalue weighted by Gasteiger charge is -2.46. The van der Waals surface area contributed by atoms with Crippen molar-refractivity contribution in [1.29, 1.82) is 0 Å². The van der Waals surface area contributed by atoms with Crippen LogP contribution in [0.4, 0.5) is 0 Å². The quantitative estimate of drug-likeness (QED) is 0.722. The molecule has 0 amide bonds. The fraction of sp³-hybridized carbons (Fsp3) is 1.00. The second kappa shape index (κ2) is 5.75. The third-order valence-electron chi connectivity index (χ3n) is 4.26. The molecule has 2 saturated heterocycles. The molecule has 2 aliphatic heterocycles. The summed E-state index contributed by atoms with van der Waals surface area (Å²) in [5.41, 5.74) is 5.16. The van der Waals surface area contributed by atoms with Gasteiger partial charge in [-0.1, -0.05) is 6.92 Å². The first kappa shape index (κ1) is 16.5. The third kappa shape index (κ3) is 3.01. The van der Waals surface area contributed by atoms with E-state index in [4.69, 9.17) is 5.73 Å². The fourth-order valence-corrected chi connectivity index (χ4v) is 8.19. The molecule has 2 atom stereocenters. The number of thioether (sulfide) groups is 1. The maximum Gasteiger partial charge on any atom is 0.166 e. The van der Waals surface area contributed by atoms with E-state index in [0.717, 1.165) is 5.75 Å². The predicted molar refractivity (Wildman–Crippen MR) is 82.3 cm³/mol. The zero-order valence-electron chi connectivity index (χ0n) is 11.6. The van der Waals surface area contributed by atoms with Crippen LogP contribution in [0.25, 0.3) is 0 Å². The smallest absolute Gasteiger partial charge is 0.166 e. The molecule has 2 unspecified atom stereocenters. The molecule has 2 rings (SSSR count). The van der Waals surface area contributed by atoms with E-state index < -0.39 is 30.6 Å². The summed E-state index contributed by atoms with van der Waals surface area (Å²) in [6, 6.07) is 0. The lowest BCUT2D eigenvalue weighted by atomic mass is 9.96. The van der Waals surface area contributed by atoms with E-state index in [0.29, 0.717) is 18.7 Å². The number of hydrogen-bond donors (Lipinski definition) is 1. The Kier molecular flexibility index (Phi) is 4.76. The maximum atomic E-state index is 12.3. The van der Waals surface area contributed by atoms with Crippen LogP contribution >= 0.6 is 11.8 Å². The molecule has 0 aromatic heterocycles. The van der Waals surface area contributed by atoms with E-state index in [1.165, 1.54) is 0 Å². The summed E-state index contributed by atoms with van der Waals surface area (Å²) < 4.78 is 48.3. The predicted octanol–water partition coefficient (Wildman–Crippen LogP) is -0.688. The van der Waals surface area contributed by atoms with Crippen LogP contribution in [0.2, 0.25) is 0 Å². The molecule has 20 heavy (non-hydrogen) atoms. The summed E-state index contributed by atoms with van der Waals surface area (Å²) in [4.78, 5) is 1.87. The van der Waals surface area contributed by atoms with Crippen molar-refractivity contribution < 1.29 is 16.8 Å². The second-order valence-corrected chi connectivity index (χ2v) is 11.2. The number of rotatable bonds is 4. The Hall–Kier alpha value is 0.170. The van der Waals surface area contributed by atoms with Crippen LogP contribution in [0.3, 0.4) is 0 Å². The largest absolute Gasteiger partial charge is 0.329 e. The van der Waals surface area contributed by atoms with Crippen LogP contribution in [-0.2, 0) is 19.7 Å². The van der Waals surface area contributed by atoms with Gasteiger partial charge in [0.25, 0.3) is 0 Å². The normalized spacial score (nSPS) is 35.2. The number of sulfone groups is 2. The molecule has 2 N–H and O–H groups in total. The van der Waals surface area contributed by atoms with Gasteiger partial charge in [0.1, 0.15) is 5.37 Å². The van der Waals surface area contributed by atoms with Crippen LogP contribution in [0.15, 0.2) is 0 Å². The van der Waals surface area contributed by atoms with E-state index >= 15 is 0 Å². The first-order chi connectivity index (χ1) is 9.26. The van der Waals surface area contributed by atoms with Crippen molar-refractivity contribution >= 4 is 31.4 Å². The zero-order valence-corrected chi connectivity index (χ0v) is 14.1. The molecule has 0 aliphatic carbocycles. The molecule has 0 spiro atoms. The van der Waals surface area contributed by atoms with Crippen molar-refractivity contribution in [3.8, 4) is 0 Å². The summed E-state index contributed by atoms with van der Waals surface area (Å²) in [7, 11) is -6.35. The molecule has 9 heteroatoms. The minimum atomic E-state index is -3.24. The molecular formula is C11H22N2O4S3. The van der Waals surface area contributed by atoms with Crippen LogP contribution in [-0.4, -0.2) is 74.5 Å². The molecule has 2 heterocycles. The van der Waals surface area contributed by atoms with Crippen molar-refractivity contribution in [3.05, 3.63) is 0 Å². The number of hydrogen-bond acceptors (Lipinski definition) is 7. The highest BCUT2D eigenvalue weighted by atomic mass is 32.2. The molecule has 118 valence electrons. The second-order valence-electron chi connectivity index (χ2n) is 5.44. The zero-order chi connectivity index (χ0) is 15.0. The molecule has 0 bridgehead atoms. The summed E-state index contributed by atoms with van der Waals surface area (Å²) in [5.74, 6) is 1.47. The third-order valence-corrected chi connectivity index (χ3v) is 9.35. The number of nitrogens with two attached hydrogens (primary N) is 1. The SMILES string of the molecule is CCS(=O)(=O)C1CSCCN1C1(CN)CCS(=O)(=O)C1. The average Bonchev–Trinajstić information content (AvgIpc) is 2.75. The average molecular weight is 343 g/mol. The molecule has 0 radical (unpaired) electrons. The van der Waals surface area contributed by atoms with Crippen LogP contribution in [0, 0.1) is 0 Å². The van der Waals surface area contributed by atoms with Gasteiger partial charge in [0, 0.05) is 35.9 Å². The van der Waals surface area contributed by atoms with Crippen molar-refractivity contribution in [3.63, 3.8) is 0 Å². The Morgan fingerprint density at radius 2 is 2.15 bits per heavy atom. The van der Waals surface area contributed by atoms with Gasteiger partial charge in [0.15, 0.2) is 19.7 Å². The first-order valence-corrected chi connectivity index (χ1v) is 11.4. The molecule has 2 aliphatic rings. The van der Waals surface area contributed by atoms with Crippen molar-refractivity contribution in [2.45, 2.75) is 24.3 Å². The van der Waals surface area contributed by atoms with Gasteiger partial charge in [-0.2, -0.15) is 11.8 Å². The fourth-order valence-electron chi connectivity index (χ4n) is 3.02. The Bertz CT molecular complexity index is 560. The highest BCUT2D eigenvalue weighted by molar-refractivity contribution is 8.01. The van der Waals surface area contributed by atoms with Crippen molar-refractivity contribution in [2.75, 3.05) is 41.9 Å². The van der Waals surface area contributed by atoms with Crippen molar-refractivity contribution in [2.24, 2.45) is 5.73 Å². The van der Waals surface area contributed by atoms with Gasteiger partial charge in [0.05, 0.1) is 11.5 Å². The van der Waals surface area contributed by atoms with Gasteiger partial charge in [0.2, 0.25) is 0 Å². The molecule has 2 fully saturated rings. The van der Waals surface area contributed by atoms with E-state index in [-0.39, 0.29) is 23.8 Å². The Balaban J connectivity index is 2.37. The topological polar surface area (TPSA) is 97.5 Å². The van der Waals surface area contributed by atoms with E-state index in [1.54, 1.807) is 18.7 Å². The number of nitrogens with zero attached hydrogens (tertiary/aromatic N) is 1. The molecule has 0 aromatic rings. The van der Waals surface area contributed by atoms with Gasteiger partial charge < -0.3 is 5.73 Å². The Morgan fingerprint density at radius 3 is 2.65 bits per heavy atom. The molecule has 0 saturated carbocycles. The van der Waals surface area contributed by atoms with E-state index in [9.17, 15) is 16.8 Å². The van der Waals surface area contributed by atoms with Gasteiger partial charge in [-0.15, -0.1) is 0 Å². The van der Waals surface area contributed by atoms with Gasteiger partial charge in [-0.25, -0.2) is 16.8 Å². The minimum absolute atomic E-state index is 0.0170. The standard InChI is InChI=1S/C11H22N2O4S3/c1-2-20(16,17)10-7-18-5-4-13(10)11(8-12)3-6-19(14,15)9-11/h10H,2-9,12H2,1H3.